The van der Waals surface area contributed by atoms with Crippen LogP contribution in [-0.4, -0.2) is 20.8 Å². The quantitative estimate of drug-likeness (QED) is 0.900. The van der Waals surface area contributed by atoms with Crippen molar-refractivity contribution in [1.82, 2.24) is 20.1 Å². The van der Waals surface area contributed by atoms with Crippen molar-refractivity contribution in [1.29, 1.82) is 0 Å². The largest absolute Gasteiger partial charge is 0.472 e. The van der Waals surface area contributed by atoms with Crippen LogP contribution in [0.15, 0.2) is 29.3 Å². The minimum absolute atomic E-state index is 0. The highest BCUT2D eigenvalue weighted by Crippen LogP contribution is 2.12. The fraction of sp³-hybridized carbons (Fsp3) is 0.455. The van der Waals surface area contributed by atoms with Crippen LogP contribution in [0.4, 0.5) is 0 Å². The molecule has 0 radical (unpaired) electrons. The number of hydrogen-bond donors (Lipinski definition) is 1. The third-order valence-corrected chi connectivity index (χ3v) is 2.98. The Labute approximate surface area is 106 Å². The number of fused-ring (bicyclic) bond motifs is 1. The monoisotopic (exact) mass is 254 g/mol. The number of rotatable bonds is 3. The molecule has 2 aromatic rings. The summed E-state index contributed by atoms with van der Waals surface area (Å²) in [6.07, 6.45) is 7.23. The lowest BCUT2D eigenvalue weighted by atomic mass is 10.1. The summed E-state index contributed by atoms with van der Waals surface area (Å²) in [4.78, 5) is 4.21. The van der Waals surface area contributed by atoms with Gasteiger partial charge in [-0.1, -0.05) is 0 Å². The minimum atomic E-state index is 0. The normalized spacial score (nSPS) is 18.5. The van der Waals surface area contributed by atoms with Gasteiger partial charge in [0.2, 0.25) is 0 Å². The molecule has 0 saturated heterocycles. The van der Waals surface area contributed by atoms with Gasteiger partial charge >= 0.3 is 0 Å². The fourth-order valence-corrected chi connectivity index (χ4v) is 2.06. The van der Waals surface area contributed by atoms with Gasteiger partial charge < -0.3 is 9.73 Å². The second-order valence-corrected chi connectivity index (χ2v) is 4.11. The average molecular weight is 255 g/mol. The molecule has 1 aliphatic rings. The van der Waals surface area contributed by atoms with Crippen LogP contribution in [0.25, 0.3) is 0 Å². The van der Waals surface area contributed by atoms with Gasteiger partial charge in [0.25, 0.3) is 0 Å². The third-order valence-electron chi connectivity index (χ3n) is 2.98. The maximum atomic E-state index is 5.03. The van der Waals surface area contributed by atoms with Gasteiger partial charge in [0.15, 0.2) is 0 Å². The molecule has 0 amide bonds. The molecular formula is C11H15ClN4O. The first kappa shape index (κ1) is 12.1. The average Bonchev–Trinajstić information content (AvgIpc) is 2.97. The molecule has 0 bridgehead atoms. The standard InChI is InChI=1S/C11H14N4O.ClH/c1-2-11-13-8-14-15(11)6-10(1)12-5-9-3-4-16-7-9;/h3-4,7-8,10,12H,1-2,5-6H2;1H. The van der Waals surface area contributed by atoms with Crippen molar-refractivity contribution < 1.29 is 4.42 Å². The molecule has 1 N–H and O–H groups in total. The van der Waals surface area contributed by atoms with E-state index in [1.807, 2.05) is 10.7 Å². The summed E-state index contributed by atoms with van der Waals surface area (Å²) in [5.74, 6) is 1.10. The predicted octanol–water partition coefficient (Wildman–Crippen LogP) is 1.40. The molecule has 0 spiro atoms. The Morgan fingerprint density at radius 1 is 1.53 bits per heavy atom. The molecule has 3 heterocycles. The van der Waals surface area contributed by atoms with Crippen LogP contribution < -0.4 is 5.32 Å². The summed E-state index contributed by atoms with van der Waals surface area (Å²) in [5.41, 5.74) is 1.18. The molecule has 5 nitrogen and oxygen atoms in total. The van der Waals surface area contributed by atoms with Gasteiger partial charge in [0.05, 0.1) is 19.1 Å². The van der Waals surface area contributed by atoms with Crippen LogP contribution in [0.2, 0.25) is 0 Å². The molecule has 2 aromatic heterocycles. The zero-order valence-corrected chi connectivity index (χ0v) is 10.2. The van der Waals surface area contributed by atoms with E-state index in [-0.39, 0.29) is 12.4 Å². The second-order valence-electron chi connectivity index (χ2n) is 4.11. The van der Waals surface area contributed by atoms with E-state index in [2.05, 4.69) is 15.4 Å². The van der Waals surface area contributed by atoms with Crippen LogP contribution >= 0.6 is 12.4 Å². The smallest absolute Gasteiger partial charge is 0.138 e. The van der Waals surface area contributed by atoms with E-state index in [9.17, 15) is 0 Å². The molecule has 6 heteroatoms. The van der Waals surface area contributed by atoms with E-state index in [1.54, 1.807) is 18.9 Å². The van der Waals surface area contributed by atoms with Crippen LogP contribution in [0.3, 0.4) is 0 Å². The van der Waals surface area contributed by atoms with Crippen molar-refractivity contribution in [2.24, 2.45) is 0 Å². The first-order valence-corrected chi connectivity index (χ1v) is 5.53. The number of nitrogens with zero attached hydrogens (tertiary/aromatic N) is 3. The highest BCUT2D eigenvalue weighted by Gasteiger charge is 2.18. The molecule has 92 valence electrons. The summed E-state index contributed by atoms with van der Waals surface area (Å²) in [6.45, 7) is 1.76. The number of aromatic nitrogens is 3. The summed E-state index contributed by atoms with van der Waals surface area (Å²) in [7, 11) is 0. The third kappa shape index (κ3) is 2.68. The Kier molecular flexibility index (Phi) is 3.81. The number of aryl methyl sites for hydroxylation is 1. The van der Waals surface area contributed by atoms with Crippen molar-refractivity contribution in [3.05, 3.63) is 36.3 Å². The Morgan fingerprint density at radius 3 is 3.29 bits per heavy atom. The van der Waals surface area contributed by atoms with E-state index in [0.29, 0.717) is 6.04 Å². The molecule has 17 heavy (non-hydrogen) atoms. The number of hydrogen-bond acceptors (Lipinski definition) is 4. The van der Waals surface area contributed by atoms with Gasteiger partial charge in [-0.15, -0.1) is 12.4 Å². The summed E-state index contributed by atoms with van der Waals surface area (Å²) < 4.78 is 7.01. The molecule has 1 unspecified atom stereocenters. The molecular weight excluding hydrogens is 240 g/mol. The number of nitrogens with one attached hydrogen (secondary N) is 1. The SMILES string of the molecule is Cl.c1nc2n(n1)CC(NCc1ccoc1)CC2. The van der Waals surface area contributed by atoms with Crippen LogP contribution in [-0.2, 0) is 19.5 Å². The molecule has 0 aromatic carbocycles. The van der Waals surface area contributed by atoms with E-state index >= 15 is 0 Å². The van der Waals surface area contributed by atoms with Gasteiger partial charge in [-0.2, -0.15) is 5.10 Å². The second kappa shape index (κ2) is 5.33. The van der Waals surface area contributed by atoms with Gasteiger partial charge in [-0.25, -0.2) is 9.67 Å². The van der Waals surface area contributed by atoms with E-state index in [0.717, 1.165) is 31.8 Å². The number of furan rings is 1. The maximum Gasteiger partial charge on any atom is 0.138 e. The van der Waals surface area contributed by atoms with Crippen molar-refractivity contribution in [3.63, 3.8) is 0 Å². The first-order chi connectivity index (χ1) is 7.92. The molecule has 1 aliphatic heterocycles. The molecule has 0 fully saturated rings. The Hall–Kier alpha value is -1.33. The van der Waals surface area contributed by atoms with E-state index < -0.39 is 0 Å². The fourth-order valence-electron chi connectivity index (χ4n) is 2.06. The first-order valence-electron chi connectivity index (χ1n) is 5.53. The molecule has 1 atom stereocenters. The topological polar surface area (TPSA) is 55.9 Å². The Bertz CT molecular complexity index is 454. The maximum absolute atomic E-state index is 5.03. The molecule has 0 aliphatic carbocycles. The van der Waals surface area contributed by atoms with E-state index in [4.69, 9.17) is 4.42 Å². The lowest BCUT2D eigenvalue weighted by molar-refractivity contribution is 0.357. The van der Waals surface area contributed by atoms with Gasteiger partial charge in [0, 0.05) is 24.6 Å². The van der Waals surface area contributed by atoms with E-state index in [1.165, 1.54) is 5.56 Å². The summed E-state index contributed by atoms with van der Waals surface area (Å²) >= 11 is 0. The Balaban J connectivity index is 0.00000108. The van der Waals surface area contributed by atoms with Crippen molar-refractivity contribution in [2.45, 2.75) is 32.0 Å². The van der Waals surface area contributed by atoms with Gasteiger partial charge in [0.1, 0.15) is 12.2 Å². The predicted molar refractivity (Wildman–Crippen MR) is 64.9 cm³/mol. The molecule has 0 saturated carbocycles. The minimum Gasteiger partial charge on any atom is -0.472 e. The highest BCUT2D eigenvalue weighted by atomic mass is 35.5. The Morgan fingerprint density at radius 2 is 2.47 bits per heavy atom. The van der Waals surface area contributed by atoms with Gasteiger partial charge in [-0.05, 0) is 12.5 Å². The highest BCUT2D eigenvalue weighted by molar-refractivity contribution is 5.85. The zero-order valence-electron chi connectivity index (χ0n) is 9.37. The lowest BCUT2D eigenvalue weighted by Gasteiger charge is -2.23. The van der Waals surface area contributed by atoms with Crippen molar-refractivity contribution in [2.75, 3.05) is 0 Å². The van der Waals surface area contributed by atoms with Crippen molar-refractivity contribution >= 4 is 12.4 Å². The van der Waals surface area contributed by atoms with Crippen LogP contribution in [0.1, 0.15) is 17.8 Å². The van der Waals surface area contributed by atoms with Crippen LogP contribution in [0.5, 0.6) is 0 Å². The zero-order chi connectivity index (χ0) is 10.8. The van der Waals surface area contributed by atoms with Crippen LogP contribution in [0, 0.1) is 0 Å². The molecule has 3 rings (SSSR count). The summed E-state index contributed by atoms with van der Waals surface area (Å²) in [5, 5.41) is 7.71. The number of halogens is 1. The van der Waals surface area contributed by atoms with Gasteiger partial charge in [-0.3, -0.25) is 0 Å². The summed E-state index contributed by atoms with van der Waals surface area (Å²) in [6, 6.07) is 2.46. The lowest BCUT2D eigenvalue weighted by Crippen LogP contribution is -2.37. The van der Waals surface area contributed by atoms with Crippen molar-refractivity contribution in [3.8, 4) is 0 Å².